The van der Waals surface area contributed by atoms with Crippen LogP contribution in [0.3, 0.4) is 0 Å². The van der Waals surface area contributed by atoms with Gasteiger partial charge in [-0.1, -0.05) is 42.7 Å². The molecule has 1 fully saturated rings. The van der Waals surface area contributed by atoms with Gasteiger partial charge in [-0.15, -0.1) is 0 Å². The first-order valence-corrected chi connectivity index (χ1v) is 6.41. The van der Waals surface area contributed by atoms with Crippen LogP contribution in [0.4, 0.5) is 0 Å². The third-order valence-electron chi connectivity index (χ3n) is 3.68. The van der Waals surface area contributed by atoms with E-state index in [1.807, 2.05) is 31.2 Å². The molecule has 0 atom stereocenters. The average Bonchev–Trinajstić information content (AvgIpc) is 2.88. The van der Waals surface area contributed by atoms with Crippen molar-refractivity contribution in [3.8, 4) is 6.07 Å². The zero-order valence-electron chi connectivity index (χ0n) is 10.7. The molecule has 1 aliphatic rings. The highest BCUT2D eigenvalue weighted by Gasteiger charge is 2.41. The first-order valence-electron chi connectivity index (χ1n) is 6.41. The number of amides is 1. The Morgan fingerprint density at radius 2 is 1.94 bits per heavy atom. The van der Waals surface area contributed by atoms with Crippen LogP contribution in [-0.2, 0) is 11.3 Å². The molecule has 1 saturated carbocycles. The van der Waals surface area contributed by atoms with Gasteiger partial charge in [-0.05, 0) is 25.3 Å². The lowest BCUT2D eigenvalue weighted by molar-refractivity contribution is -0.128. The summed E-state index contributed by atoms with van der Waals surface area (Å²) in [5, 5.41) is 12.1. The molecular formula is C15H18N2O. The van der Waals surface area contributed by atoms with Gasteiger partial charge in [0.25, 0.3) is 0 Å². The first-order chi connectivity index (χ1) is 8.66. The fraction of sp³-hybridized carbons (Fsp3) is 0.467. The molecule has 0 aromatic heterocycles. The number of nitriles is 1. The second-order valence-electron chi connectivity index (χ2n) is 5.07. The highest BCUT2D eigenvalue weighted by molar-refractivity contribution is 5.85. The fourth-order valence-corrected chi connectivity index (χ4v) is 2.43. The van der Waals surface area contributed by atoms with E-state index in [1.54, 1.807) is 0 Å². The van der Waals surface area contributed by atoms with Crippen LogP contribution < -0.4 is 5.32 Å². The van der Waals surface area contributed by atoms with Crippen molar-refractivity contribution in [2.45, 2.75) is 39.2 Å². The molecule has 3 heteroatoms. The summed E-state index contributed by atoms with van der Waals surface area (Å²) in [6, 6.07) is 10.3. The molecule has 1 amide bonds. The van der Waals surface area contributed by atoms with E-state index in [4.69, 9.17) is 0 Å². The average molecular weight is 242 g/mol. The Morgan fingerprint density at radius 1 is 1.33 bits per heavy atom. The van der Waals surface area contributed by atoms with E-state index >= 15 is 0 Å². The lowest BCUT2D eigenvalue weighted by Gasteiger charge is -2.19. The maximum atomic E-state index is 12.1. The Morgan fingerprint density at radius 3 is 2.50 bits per heavy atom. The Bertz CT molecular complexity index is 464. The van der Waals surface area contributed by atoms with E-state index < -0.39 is 5.41 Å². The number of hydrogen-bond acceptors (Lipinski definition) is 2. The minimum atomic E-state index is -0.773. The second-order valence-corrected chi connectivity index (χ2v) is 5.07. The van der Waals surface area contributed by atoms with Gasteiger partial charge in [0, 0.05) is 6.54 Å². The molecule has 0 saturated heterocycles. The summed E-state index contributed by atoms with van der Waals surface area (Å²) < 4.78 is 0. The maximum absolute atomic E-state index is 12.1. The molecule has 1 aromatic rings. The topological polar surface area (TPSA) is 52.9 Å². The number of rotatable bonds is 3. The van der Waals surface area contributed by atoms with Gasteiger partial charge in [0.05, 0.1) is 6.07 Å². The SMILES string of the molecule is Cc1ccc(CNC(=O)C2(C#N)CCCC2)cc1. The van der Waals surface area contributed by atoms with Crippen LogP contribution in [0.5, 0.6) is 0 Å². The zero-order chi connectivity index (χ0) is 13.0. The number of hydrogen-bond donors (Lipinski definition) is 1. The van der Waals surface area contributed by atoms with Crippen LogP contribution in [0.2, 0.25) is 0 Å². The van der Waals surface area contributed by atoms with Gasteiger partial charge in [0.2, 0.25) is 5.91 Å². The van der Waals surface area contributed by atoms with Crippen molar-refractivity contribution in [1.82, 2.24) is 5.32 Å². The van der Waals surface area contributed by atoms with E-state index in [2.05, 4.69) is 11.4 Å². The quantitative estimate of drug-likeness (QED) is 0.886. The van der Waals surface area contributed by atoms with E-state index in [1.165, 1.54) is 5.56 Å². The van der Waals surface area contributed by atoms with Gasteiger partial charge in [0.15, 0.2) is 0 Å². The van der Waals surface area contributed by atoms with Crippen LogP contribution in [0, 0.1) is 23.7 Å². The monoisotopic (exact) mass is 242 g/mol. The van der Waals surface area contributed by atoms with Crippen molar-refractivity contribution >= 4 is 5.91 Å². The van der Waals surface area contributed by atoms with Crippen LogP contribution in [0.1, 0.15) is 36.8 Å². The molecule has 94 valence electrons. The van der Waals surface area contributed by atoms with Crippen molar-refractivity contribution in [3.05, 3.63) is 35.4 Å². The summed E-state index contributed by atoms with van der Waals surface area (Å²) >= 11 is 0. The highest BCUT2D eigenvalue weighted by Crippen LogP contribution is 2.37. The van der Waals surface area contributed by atoms with Gasteiger partial charge in [0.1, 0.15) is 5.41 Å². The molecule has 18 heavy (non-hydrogen) atoms. The van der Waals surface area contributed by atoms with Crippen LogP contribution in [0.25, 0.3) is 0 Å². The molecule has 1 N–H and O–H groups in total. The van der Waals surface area contributed by atoms with Crippen molar-refractivity contribution in [3.63, 3.8) is 0 Å². The zero-order valence-corrected chi connectivity index (χ0v) is 10.7. The van der Waals surface area contributed by atoms with Gasteiger partial charge in [-0.2, -0.15) is 5.26 Å². The number of nitrogens with zero attached hydrogens (tertiary/aromatic N) is 1. The molecule has 0 aliphatic heterocycles. The molecular weight excluding hydrogens is 224 g/mol. The normalized spacial score (nSPS) is 17.1. The van der Waals surface area contributed by atoms with Crippen molar-refractivity contribution in [2.24, 2.45) is 5.41 Å². The van der Waals surface area contributed by atoms with Crippen molar-refractivity contribution in [2.75, 3.05) is 0 Å². The molecule has 2 rings (SSSR count). The molecule has 1 aromatic carbocycles. The molecule has 0 bridgehead atoms. The molecule has 1 aliphatic carbocycles. The van der Waals surface area contributed by atoms with Gasteiger partial charge in [-0.25, -0.2) is 0 Å². The molecule has 3 nitrogen and oxygen atoms in total. The van der Waals surface area contributed by atoms with E-state index in [0.29, 0.717) is 19.4 Å². The number of aryl methyl sites for hydroxylation is 1. The maximum Gasteiger partial charge on any atom is 0.240 e. The fourth-order valence-electron chi connectivity index (χ4n) is 2.43. The third kappa shape index (κ3) is 2.53. The van der Waals surface area contributed by atoms with E-state index in [9.17, 15) is 10.1 Å². The minimum absolute atomic E-state index is 0.108. The lowest BCUT2D eigenvalue weighted by Crippen LogP contribution is -2.37. The third-order valence-corrected chi connectivity index (χ3v) is 3.68. The number of nitrogens with one attached hydrogen (secondary N) is 1. The van der Waals surface area contributed by atoms with Crippen molar-refractivity contribution < 1.29 is 4.79 Å². The molecule has 0 heterocycles. The number of carbonyl (C=O) groups excluding carboxylic acids is 1. The van der Waals surface area contributed by atoms with Gasteiger partial charge in [-0.3, -0.25) is 4.79 Å². The standard InChI is InChI=1S/C15H18N2O/c1-12-4-6-13(7-5-12)10-17-14(18)15(11-16)8-2-3-9-15/h4-7H,2-3,8-10H2,1H3,(H,17,18). The lowest BCUT2D eigenvalue weighted by atomic mass is 9.87. The summed E-state index contributed by atoms with van der Waals surface area (Å²) in [6.07, 6.45) is 3.35. The predicted molar refractivity (Wildman–Crippen MR) is 69.5 cm³/mol. The van der Waals surface area contributed by atoms with E-state index in [0.717, 1.165) is 18.4 Å². The summed E-state index contributed by atoms with van der Waals surface area (Å²) in [7, 11) is 0. The Kier molecular flexibility index (Phi) is 3.66. The molecule has 0 unspecified atom stereocenters. The predicted octanol–water partition coefficient (Wildman–Crippen LogP) is 2.70. The Labute approximate surface area is 108 Å². The first kappa shape index (κ1) is 12.6. The van der Waals surface area contributed by atoms with Gasteiger partial charge >= 0.3 is 0 Å². The number of benzene rings is 1. The summed E-state index contributed by atoms with van der Waals surface area (Å²) in [6.45, 7) is 2.54. The minimum Gasteiger partial charge on any atom is -0.351 e. The summed E-state index contributed by atoms with van der Waals surface area (Å²) in [5.41, 5.74) is 1.50. The van der Waals surface area contributed by atoms with Crippen LogP contribution in [0.15, 0.2) is 24.3 Å². The molecule has 0 spiro atoms. The molecule has 0 radical (unpaired) electrons. The van der Waals surface area contributed by atoms with Crippen LogP contribution >= 0.6 is 0 Å². The Balaban J connectivity index is 1.96. The summed E-state index contributed by atoms with van der Waals surface area (Å²) in [4.78, 5) is 12.1. The number of carbonyl (C=O) groups is 1. The van der Waals surface area contributed by atoms with Gasteiger partial charge < -0.3 is 5.32 Å². The van der Waals surface area contributed by atoms with Crippen molar-refractivity contribution in [1.29, 1.82) is 5.26 Å². The highest BCUT2D eigenvalue weighted by atomic mass is 16.2. The smallest absolute Gasteiger partial charge is 0.240 e. The summed E-state index contributed by atoms with van der Waals surface area (Å²) in [5.74, 6) is -0.108. The Hall–Kier alpha value is -1.82. The second kappa shape index (κ2) is 5.22. The largest absolute Gasteiger partial charge is 0.351 e. The van der Waals surface area contributed by atoms with E-state index in [-0.39, 0.29) is 5.91 Å². The van der Waals surface area contributed by atoms with Crippen LogP contribution in [-0.4, -0.2) is 5.91 Å².